The number of rotatable bonds is 6. The first kappa shape index (κ1) is 21.7. The number of benzene rings is 1. The molecule has 32 heavy (non-hydrogen) atoms. The lowest BCUT2D eigenvalue weighted by Crippen LogP contribution is -2.43. The molecule has 1 aromatic carbocycles. The molecule has 0 saturated carbocycles. The summed E-state index contributed by atoms with van der Waals surface area (Å²) in [5, 5.41) is 2.87. The smallest absolute Gasteiger partial charge is 0.292 e. The summed E-state index contributed by atoms with van der Waals surface area (Å²) in [6, 6.07) is 12.7. The van der Waals surface area contributed by atoms with E-state index in [4.69, 9.17) is 14.2 Å². The average molecular weight is 437 g/mol. The summed E-state index contributed by atoms with van der Waals surface area (Å²) in [5.74, 6) is 1.17. The summed E-state index contributed by atoms with van der Waals surface area (Å²) < 4.78 is 17.0. The third-order valence-electron chi connectivity index (χ3n) is 5.45. The van der Waals surface area contributed by atoms with Gasteiger partial charge in [-0.3, -0.25) is 14.6 Å². The molecule has 0 aliphatic carbocycles. The Morgan fingerprint density at radius 1 is 1.12 bits per heavy atom. The summed E-state index contributed by atoms with van der Waals surface area (Å²) in [7, 11) is 0. The van der Waals surface area contributed by atoms with Gasteiger partial charge in [-0.1, -0.05) is 12.1 Å². The van der Waals surface area contributed by atoms with Gasteiger partial charge in [-0.2, -0.15) is 0 Å². The molecule has 2 aromatic rings. The molecule has 1 saturated heterocycles. The summed E-state index contributed by atoms with van der Waals surface area (Å²) in [6.07, 6.45) is 3.08. The predicted molar refractivity (Wildman–Crippen MR) is 117 cm³/mol. The number of hydrogen-bond donors (Lipinski definition) is 1. The number of piperidine rings is 1. The van der Waals surface area contributed by atoms with E-state index in [0.29, 0.717) is 68.5 Å². The van der Waals surface area contributed by atoms with Crippen LogP contribution in [0.25, 0.3) is 0 Å². The Morgan fingerprint density at radius 2 is 1.94 bits per heavy atom. The van der Waals surface area contributed by atoms with E-state index in [-0.39, 0.29) is 17.9 Å². The summed E-state index contributed by atoms with van der Waals surface area (Å²) >= 11 is 0. The van der Waals surface area contributed by atoms with Crippen LogP contribution < -0.4 is 10.1 Å². The second-order valence-corrected chi connectivity index (χ2v) is 7.72. The van der Waals surface area contributed by atoms with Gasteiger partial charge in [-0.15, -0.1) is 0 Å². The molecule has 0 spiro atoms. The summed E-state index contributed by atoms with van der Waals surface area (Å²) in [5.41, 5.74) is 1.33. The topological polar surface area (TPSA) is 90.0 Å². The quantitative estimate of drug-likeness (QED) is 0.747. The number of ether oxygens (including phenoxy) is 3. The van der Waals surface area contributed by atoms with Crippen molar-refractivity contribution in [2.75, 3.05) is 26.3 Å². The lowest BCUT2D eigenvalue weighted by Gasteiger charge is -2.33. The summed E-state index contributed by atoms with van der Waals surface area (Å²) in [4.78, 5) is 31.2. The molecule has 0 atom stereocenters. The number of nitrogens with one attached hydrogen (secondary N) is 1. The van der Waals surface area contributed by atoms with Crippen LogP contribution in [0.4, 0.5) is 0 Å². The van der Waals surface area contributed by atoms with E-state index >= 15 is 0 Å². The Kier molecular flexibility index (Phi) is 6.89. The number of allylic oxidation sites excluding steroid dienone is 1. The van der Waals surface area contributed by atoms with Gasteiger partial charge in [0.25, 0.3) is 11.8 Å². The third-order valence-corrected chi connectivity index (χ3v) is 5.45. The van der Waals surface area contributed by atoms with Crippen LogP contribution in [-0.2, 0) is 20.8 Å². The zero-order valence-corrected chi connectivity index (χ0v) is 18.1. The molecule has 0 bridgehead atoms. The highest BCUT2D eigenvalue weighted by Crippen LogP contribution is 2.23. The third kappa shape index (κ3) is 5.38. The second-order valence-electron chi connectivity index (χ2n) is 7.72. The minimum absolute atomic E-state index is 0.0236. The SMILES string of the molecule is CC1=C(C(=O)N2CCC(Oc3cccc(C(=O)NCc4ccccn4)c3)CC2)OCCO1. The average Bonchev–Trinajstić information content (AvgIpc) is 2.84. The molecule has 1 fully saturated rings. The van der Waals surface area contributed by atoms with Gasteiger partial charge in [0.1, 0.15) is 30.8 Å². The van der Waals surface area contributed by atoms with Crippen molar-refractivity contribution in [2.45, 2.75) is 32.4 Å². The number of hydrogen-bond acceptors (Lipinski definition) is 6. The first-order valence-corrected chi connectivity index (χ1v) is 10.8. The van der Waals surface area contributed by atoms with E-state index in [1.54, 1.807) is 36.2 Å². The zero-order valence-electron chi connectivity index (χ0n) is 18.1. The van der Waals surface area contributed by atoms with Crippen molar-refractivity contribution in [3.63, 3.8) is 0 Å². The van der Waals surface area contributed by atoms with Crippen molar-refractivity contribution in [2.24, 2.45) is 0 Å². The fourth-order valence-electron chi connectivity index (χ4n) is 3.72. The van der Waals surface area contributed by atoms with Gasteiger partial charge in [0.15, 0.2) is 0 Å². The minimum atomic E-state index is -0.181. The molecule has 2 aliphatic rings. The Bertz CT molecular complexity index is 984. The maximum Gasteiger partial charge on any atom is 0.292 e. The first-order valence-electron chi connectivity index (χ1n) is 10.8. The number of carbonyl (C=O) groups is 2. The van der Waals surface area contributed by atoms with Gasteiger partial charge >= 0.3 is 0 Å². The number of pyridine rings is 1. The van der Waals surface area contributed by atoms with Crippen molar-refractivity contribution in [1.82, 2.24) is 15.2 Å². The molecule has 1 N–H and O–H groups in total. The number of amides is 2. The molecule has 4 rings (SSSR count). The number of carbonyl (C=O) groups excluding carboxylic acids is 2. The van der Waals surface area contributed by atoms with Crippen LogP contribution in [0, 0.1) is 0 Å². The molecule has 2 aliphatic heterocycles. The lowest BCUT2D eigenvalue weighted by molar-refractivity contribution is -0.134. The zero-order chi connectivity index (χ0) is 22.3. The molecule has 168 valence electrons. The fourth-order valence-corrected chi connectivity index (χ4v) is 3.72. The fraction of sp³-hybridized carbons (Fsp3) is 0.375. The van der Waals surface area contributed by atoms with Crippen LogP contribution in [0.2, 0.25) is 0 Å². The van der Waals surface area contributed by atoms with Crippen molar-refractivity contribution in [1.29, 1.82) is 0 Å². The lowest BCUT2D eigenvalue weighted by atomic mass is 10.1. The highest BCUT2D eigenvalue weighted by molar-refractivity contribution is 5.94. The van der Waals surface area contributed by atoms with E-state index in [0.717, 1.165) is 5.69 Å². The Labute approximate surface area is 187 Å². The van der Waals surface area contributed by atoms with Gasteiger partial charge in [0, 0.05) is 37.7 Å². The highest BCUT2D eigenvalue weighted by Gasteiger charge is 2.29. The maximum absolute atomic E-state index is 12.7. The summed E-state index contributed by atoms with van der Waals surface area (Å²) in [6.45, 7) is 4.13. The molecule has 0 radical (unpaired) electrons. The van der Waals surface area contributed by atoms with Crippen LogP contribution in [0.15, 0.2) is 60.2 Å². The van der Waals surface area contributed by atoms with Crippen molar-refractivity contribution in [3.05, 3.63) is 71.4 Å². The first-order chi connectivity index (χ1) is 15.6. The van der Waals surface area contributed by atoms with Crippen molar-refractivity contribution in [3.8, 4) is 5.75 Å². The molecule has 1 aromatic heterocycles. The molecule has 0 unspecified atom stereocenters. The standard InChI is InChI=1S/C24H27N3O5/c1-17-22(31-14-13-30-17)24(29)27-11-8-20(9-12-27)32-21-7-4-5-18(15-21)23(28)26-16-19-6-2-3-10-25-19/h2-7,10,15,20H,8-9,11-14,16H2,1H3,(H,26,28). The van der Waals surface area contributed by atoms with Gasteiger partial charge in [0.05, 0.1) is 12.2 Å². The number of likely N-dealkylation sites (tertiary alicyclic amines) is 1. The highest BCUT2D eigenvalue weighted by atomic mass is 16.6. The Morgan fingerprint density at radius 3 is 2.69 bits per heavy atom. The van der Waals surface area contributed by atoms with Gasteiger partial charge < -0.3 is 24.4 Å². The van der Waals surface area contributed by atoms with Crippen molar-refractivity contribution < 1.29 is 23.8 Å². The maximum atomic E-state index is 12.7. The molecule has 8 nitrogen and oxygen atoms in total. The van der Waals surface area contributed by atoms with E-state index in [1.165, 1.54) is 0 Å². The Hall–Kier alpha value is -3.55. The van der Waals surface area contributed by atoms with Crippen molar-refractivity contribution >= 4 is 11.8 Å². The molecular weight excluding hydrogens is 410 g/mol. The van der Waals surface area contributed by atoms with Crippen LogP contribution in [0.3, 0.4) is 0 Å². The molecule has 2 amide bonds. The van der Waals surface area contributed by atoms with Crippen LogP contribution in [-0.4, -0.2) is 54.1 Å². The number of aromatic nitrogens is 1. The normalized spacial score (nSPS) is 16.7. The molecule has 3 heterocycles. The Balaban J connectivity index is 1.29. The van der Waals surface area contributed by atoms with E-state index in [9.17, 15) is 9.59 Å². The van der Waals surface area contributed by atoms with E-state index < -0.39 is 0 Å². The van der Waals surface area contributed by atoms with Gasteiger partial charge in [0.2, 0.25) is 5.76 Å². The second kappa shape index (κ2) is 10.2. The van der Waals surface area contributed by atoms with Gasteiger partial charge in [-0.25, -0.2) is 0 Å². The predicted octanol–water partition coefficient (Wildman–Crippen LogP) is 2.66. The van der Waals surface area contributed by atoms with Crippen LogP contribution in [0.1, 0.15) is 35.8 Å². The van der Waals surface area contributed by atoms with E-state index in [2.05, 4.69) is 10.3 Å². The largest absolute Gasteiger partial charge is 0.491 e. The molecular formula is C24H27N3O5. The molecule has 8 heteroatoms. The minimum Gasteiger partial charge on any atom is -0.491 e. The van der Waals surface area contributed by atoms with Crippen LogP contribution >= 0.6 is 0 Å². The van der Waals surface area contributed by atoms with E-state index in [1.807, 2.05) is 24.3 Å². The van der Waals surface area contributed by atoms with Crippen LogP contribution in [0.5, 0.6) is 5.75 Å². The van der Waals surface area contributed by atoms with Gasteiger partial charge in [-0.05, 0) is 37.3 Å². The number of nitrogens with zero attached hydrogens (tertiary/aromatic N) is 2. The monoisotopic (exact) mass is 437 g/mol.